The molecule has 2 N–H and O–H groups in total. The topological polar surface area (TPSA) is 49.7 Å². The van der Waals surface area contributed by atoms with E-state index in [1.165, 1.54) is 0 Å². The zero-order chi connectivity index (χ0) is 4.57. The molecule has 1 heterocycles. The van der Waals surface area contributed by atoms with Crippen molar-refractivity contribution in [2.75, 3.05) is 6.61 Å². The van der Waals surface area contributed by atoms with Crippen LogP contribution in [-0.4, -0.2) is 29.2 Å². The Morgan fingerprint density at radius 2 is 2.00 bits per heavy atom. The third kappa shape index (κ3) is 0.408. The van der Waals surface area contributed by atoms with Crippen molar-refractivity contribution < 1.29 is 14.9 Å². The van der Waals surface area contributed by atoms with Gasteiger partial charge in [0, 0.05) is 0 Å². The highest BCUT2D eigenvalue weighted by molar-refractivity contribution is 4.65. The third-order valence-corrected chi connectivity index (χ3v) is 0.767. The van der Waals surface area contributed by atoms with Gasteiger partial charge in [-0.3, -0.25) is 0 Å². The first-order chi connectivity index (χ1) is 2.80. The molecule has 1 aliphatic rings. The Balaban J connectivity index is 2.20. The minimum absolute atomic E-state index is 0.279. The zero-order valence-corrected chi connectivity index (χ0v) is 3.16. The van der Waals surface area contributed by atoms with Crippen molar-refractivity contribution in [3.8, 4) is 0 Å². The van der Waals surface area contributed by atoms with Crippen LogP contribution in [0.25, 0.3) is 0 Å². The second-order valence-electron chi connectivity index (χ2n) is 1.29. The van der Waals surface area contributed by atoms with Crippen LogP contribution < -0.4 is 0 Å². The average Bonchev–Trinajstić information content (AvgIpc) is 1.61. The Morgan fingerprint density at radius 1 is 1.50 bits per heavy atom. The van der Waals surface area contributed by atoms with E-state index < -0.39 is 12.4 Å². The standard InChI is InChI=1S/C3H6O3/c4-2-1-6-3(2)5/h2-5H,1H2/t2-,3?/m1/s1. The van der Waals surface area contributed by atoms with Crippen LogP contribution in [0.4, 0.5) is 0 Å². The summed E-state index contributed by atoms with van der Waals surface area (Å²) >= 11 is 0. The Kier molecular flexibility index (Phi) is 0.799. The first kappa shape index (κ1) is 4.05. The van der Waals surface area contributed by atoms with Crippen LogP contribution in [0.2, 0.25) is 0 Å². The van der Waals surface area contributed by atoms with E-state index in [0.29, 0.717) is 0 Å². The molecule has 1 fully saturated rings. The summed E-state index contributed by atoms with van der Waals surface area (Å²) in [5.74, 6) is 0. The summed E-state index contributed by atoms with van der Waals surface area (Å²) in [4.78, 5) is 0. The molecule has 1 rings (SSSR count). The summed E-state index contributed by atoms with van der Waals surface area (Å²) in [6.07, 6.45) is -1.55. The lowest BCUT2D eigenvalue weighted by Gasteiger charge is -2.27. The molecule has 3 nitrogen and oxygen atoms in total. The molecule has 36 valence electrons. The molecular formula is C3H6O3. The fourth-order valence-corrected chi connectivity index (χ4v) is 0.268. The summed E-state index contributed by atoms with van der Waals surface area (Å²) < 4.78 is 4.35. The zero-order valence-electron chi connectivity index (χ0n) is 3.16. The van der Waals surface area contributed by atoms with Crippen molar-refractivity contribution in [2.24, 2.45) is 0 Å². The highest BCUT2D eigenvalue weighted by atomic mass is 16.7. The minimum atomic E-state index is -0.912. The molecule has 1 aliphatic heterocycles. The van der Waals surface area contributed by atoms with Crippen LogP contribution in [-0.2, 0) is 4.74 Å². The smallest absolute Gasteiger partial charge is 0.183 e. The molecule has 0 aromatic heterocycles. The van der Waals surface area contributed by atoms with Crippen LogP contribution in [0.5, 0.6) is 0 Å². The molecule has 1 saturated heterocycles. The van der Waals surface area contributed by atoms with Gasteiger partial charge in [0.25, 0.3) is 0 Å². The first-order valence-electron chi connectivity index (χ1n) is 1.78. The number of aliphatic hydroxyl groups is 2. The number of ether oxygens (including phenoxy) is 1. The van der Waals surface area contributed by atoms with Crippen LogP contribution in [0.1, 0.15) is 0 Å². The molecule has 3 heteroatoms. The second-order valence-corrected chi connectivity index (χ2v) is 1.29. The Bertz CT molecular complexity index is 46.0. The lowest BCUT2D eigenvalue weighted by Crippen LogP contribution is -2.44. The largest absolute Gasteiger partial charge is 0.385 e. The van der Waals surface area contributed by atoms with Crippen molar-refractivity contribution in [3.05, 3.63) is 0 Å². The molecule has 0 bridgehead atoms. The van der Waals surface area contributed by atoms with E-state index in [1.807, 2.05) is 0 Å². The molecular weight excluding hydrogens is 84.0 g/mol. The fourth-order valence-electron chi connectivity index (χ4n) is 0.268. The van der Waals surface area contributed by atoms with Crippen LogP contribution in [0, 0.1) is 0 Å². The number of aliphatic hydroxyl groups excluding tert-OH is 2. The summed E-state index contributed by atoms with van der Waals surface area (Å²) in [5, 5.41) is 16.6. The minimum Gasteiger partial charge on any atom is -0.385 e. The number of rotatable bonds is 0. The summed E-state index contributed by atoms with van der Waals surface area (Å²) in [5.41, 5.74) is 0. The Labute approximate surface area is 35.2 Å². The monoisotopic (exact) mass is 90.0 g/mol. The van der Waals surface area contributed by atoms with Gasteiger partial charge in [-0.1, -0.05) is 0 Å². The summed E-state index contributed by atoms with van der Waals surface area (Å²) in [6, 6.07) is 0. The highest BCUT2D eigenvalue weighted by Crippen LogP contribution is 2.06. The van der Waals surface area contributed by atoms with E-state index >= 15 is 0 Å². The van der Waals surface area contributed by atoms with Gasteiger partial charge in [0.2, 0.25) is 0 Å². The Hall–Kier alpha value is -0.120. The van der Waals surface area contributed by atoms with Crippen molar-refractivity contribution in [1.82, 2.24) is 0 Å². The van der Waals surface area contributed by atoms with E-state index in [-0.39, 0.29) is 6.61 Å². The molecule has 6 heavy (non-hydrogen) atoms. The van der Waals surface area contributed by atoms with Gasteiger partial charge in [0.1, 0.15) is 6.10 Å². The molecule has 0 aromatic carbocycles. The van der Waals surface area contributed by atoms with Crippen molar-refractivity contribution in [1.29, 1.82) is 0 Å². The molecule has 1 unspecified atom stereocenters. The van der Waals surface area contributed by atoms with Crippen molar-refractivity contribution >= 4 is 0 Å². The molecule has 0 saturated carbocycles. The van der Waals surface area contributed by atoms with Gasteiger partial charge >= 0.3 is 0 Å². The molecule has 0 aliphatic carbocycles. The Morgan fingerprint density at radius 3 is 2.00 bits per heavy atom. The van der Waals surface area contributed by atoms with Gasteiger partial charge in [-0.05, 0) is 0 Å². The van der Waals surface area contributed by atoms with E-state index in [0.717, 1.165) is 0 Å². The quantitative estimate of drug-likeness (QED) is 0.388. The number of hydrogen-bond acceptors (Lipinski definition) is 3. The van der Waals surface area contributed by atoms with Crippen LogP contribution >= 0.6 is 0 Å². The van der Waals surface area contributed by atoms with Gasteiger partial charge in [0.15, 0.2) is 6.29 Å². The predicted molar refractivity (Wildman–Crippen MR) is 18.0 cm³/mol. The maximum atomic E-state index is 8.34. The van der Waals surface area contributed by atoms with Gasteiger partial charge in [-0.25, -0.2) is 0 Å². The van der Waals surface area contributed by atoms with E-state index in [1.54, 1.807) is 0 Å². The maximum absolute atomic E-state index is 8.34. The van der Waals surface area contributed by atoms with Gasteiger partial charge in [-0.2, -0.15) is 0 Å². The number of hydrogen-bond donors (Lipinski definition) is 2. The second kappa shape index (κ2) is 1.18. The van der Waals surface area contributed by atoms with Gasteiger partial charge < -0.3 is 14.9 Å². The third-order valence-electron chi connectivity index (χ3n) is 0.767. The molecule has 0 spiro atoms. The fraction of sp³-hybridized carbons (Fsp3) is 1.00. The summed E-state index contributed by atoms with van der Waals surface area (Å²) in [7, 11) is 0. The van der Waals surface area contributed by atoms with Gasteiger partial charge in [-0.15, -0.1) is 0 Å². The van der Waals surface area contributed by atoms with E-state index in [2.05, 4.69) is 4.74 Å². The van der Waals surface area contributed by atoms with Crippen LogP contribution in [0.3, 0.4) is 0 Å². The van der Waals surface area contributed by atoms with Crippen molar-refractivity contribution in [2.45, 2.75) is 12.4 Å². The normalized spacial score (nSPS) is 45.0. The highest BCUT2D eigenvalue weighted by Gasteiger charge is 2.26. The first-order valence-corrected chi connectivity index (χ1v) is 1.78. The average molecular weight is 90.1 g/mol. The van der Waals surface area contributed by atoms with Crippen LogP contribution in [0.15, 0.2) is 0 Å². The summed E-state index contributed by atoms with van der Waals surface area (Å²) in [6.45, 7) is 0.279. The maximum Gasteiger partial charge on any atom is 0.183 e. The molecule has 2 atom stereocenters. The lowest BCUT2D eigenvalue weighted by molar-refractivity contribution is -0.259. The van der Waals surface area contributed by atoms with Crippen molar-refractivity contribution in [3.63, 3.8) is 0 Å². The SMILES string of the molecule is OC1OC[C@H]1O. The van der Waals surface area contributed by atoms with Gasteiger partial charge in [0.05, 0.1) is 6.61 Å². The van der Waals surface area contributed by atoms with E-state index in [9.17, 15) is 0 Å². The van der Waals surface area contributed by atoms with E-state index in [4.69, 9.17) is 10.2 Å². The molecule has 0 aromatic rings. The molecule has 0 radical (unpaired) electrons. The lowest BCUT2D eigenvalue weighted by atomic mass is 10.3. The molecule has 0 amide bonds. The predicted octanol–water partition coefficient (Wildman–Crippen LogP) is -1.30.